The van der Waals surface area contributed by atoms with Crippen LogP contribution in [0.5, 0.6) is 0 Å². The summed E-state index contributed by atoms with van der Waals surface area (Å²) in [4.78, 5) is 25.3. The van der Waals surface area contributed by atoms with Gasteiger partial charge in [-0.15, -0.1) is 10.2 Å². The molecule has 24 heavy (non-hydrogen) atoms. The molecule has 8 nitrogen and oxygen atoms in total. The Labute approximate surface area is 144 Å². The number of rotatable bonds is 5. The number of hydrogen-bond donors (Lipinski definition) is 1. The summed E-state index contributed by atoms with van der Waals surface area (Å²) >= 11 is 1.32. The number of carbonyl (C=O) groups is 1. The summed E-state index contributed by atoms with van der Waals surface area (Å²) in [5.41, 5.74) is 1.60. The van der Waals surface area contributed by atoms with Gasteiger partial charge in [-0.1, -0.05) is 25.2 Å². The van der Waals surface area contributed by atoms with E-state index in [9.17, 15) is 4.79 Å². The minimum atomic E-state index is -0.0515. The Hall–Kier alpha value is -2.13. The summed E-state index contributed by atoms with van der Waals surface area (Å²) in [6.45, 7) is 7.89. The van der Waals surface area contributed by atoms with Crippen LogP contribution in [0.25, 0.3) is 0 Å². The Morgan fingerprint density at radius 1 is 1.33 bits per heavy atom. The zero-order valence-electron chi connectivity index (χ0n) is 13.8. The third kappa shape index (κ3) is 4.24. The molecule has 0 atom stereocenters. The molecule has 1 aliphatic rings. The SMILES string of the molecule is CC(C)c1nccc(N2CCN(CC(=O)Nc3nncs3)CC2)n1. The monoisotopic (exact) mass is 347 g/mol. The van der Waals surface area contributed by atoms with Gasteiger partial charge in [-0.2, -0.15) is 0 Å². The predicted octanol–water partition coefficient (Wildman–Crippen LogP) is 1.21. The van der Waals surface area contributed by atoms with Crippen LogP contribution in [0.1, 0.15) is 25.6 Å². The lowest BCUT2D eigenvalue weighted by Gasteiger charge is -2.35. The summed E-state index contributed by atoms with van der Waals surface area (Å²) < 4.78 is 0. The second-order valence-corrected chi connectivity index (χ2v) is 6.82. The fraction of sp³-hybridized carbons (Fsp3) is 0.533. The Morgan fingerprint density at radius 3 is 2.79 bits per heavy atom. The van der Waals surface area contributed by atoms with Crippen molar-refractivity contribution < 1.29 is 4.79 Å². The van der Waals surface area contributed by atoms with Gasteiger partial charge in [0.25, 0.3) is 0 Å². The van der Waals surface area contributed by atoms with Gasteiger partial charge in [0.15, 0.2) is 0 Å². The van der Waals surface area contributed by atoms with Crippen molar-refractivity contribution in [3.05, 3.63) is 23.6 Å². The van der Waals surface area contributed by atoms with Gasteiger partial charge in [-0.05, 0) is 6.07 Å². The number of amides is 1. The maximum Gasteiger partial charge on any atom is 0.240 e. The van der Waals surface area contributed by atoms with Crippen LogP contribution in [0.15, 0.2) is 17.8 Å². The fourth-order valence-corrected chi connectivity index (χ4v) is 3.00. The van der Waals surface area contributed by atoms with Crippen LogP contribution in [0.4, 0.5) is 10.9 Å². The smallest absolute Gasteiger partial charge is 0.240 e. The number of piperazine rings is 1. The molecule has 0 aromatic carbocycles. The van der Waals surface area contributed by atoms with Gasteiger partial charge < -0.3 is 4.90 Å². The molecular formula is C15H21N7OS. The molecule has 0 saturated carbocycles. The number of aromatic nitrogens is 4. The summed E-state index contributed by atoms with van der Waals surface area (Å²) in [6.07, 6.45) is 1.82. The van der Waals surface area contributed by atoms with Crippen LogP contribution in [0.2, 0.25) is 0 Å². The molecule has 2 aromatic rings. The Kier molecular flexibility index (Phi) is 5.31. The van der Waals surface area contributed by atoms with E-state index in [1.165, 1.54) is 11.3 Å². The third-order valence-electron chi connectivity index (χ3n) is 3.85. The fourth-order valence-electron chi connectivity index (χ4n) is 2.54. The summed E-state index contributed by atoms with van der Waals surface area (Å²) in [5, 5.41) is 10.8. The van der Waals surface area contributed by atoms with Gasteiger partial charge in [0.2, 0.25) is 11.0 Å². The minimum absolute atomic E-state index is 0.0515. The molecule has 1 N–H and O–H groups in total. The van der Waals surface area contributed by atoms with Crippen molar-refractivity contribution in [1.82, 2.24) is 25.1 Å². The Morgan fingerprint density at radius 2 is 2.12 bits per heavy atom. The van der Waals surface area contributed by atoms with Gasteiger partial charge in [-0.25, -0.2) is 9.97 Å². The summed E-state index contributed by atoms with van der Waals surface area (Å²) in [7, 11) is 0. The van der Waals surface area contributed by atoms with Crippen molar-refractivity contribution in [3.63, 3.8) is 0 Å². The molecule has 0 spiro atoms. The number of carbonyl (C=O) groups excluding carboxylic acids is 1. The summed E-state index contributed by atoms with van der Waals surface area (Å²) in [5.74, 6) is 2.10. The van der Waals surface area contributed by atoms with Crippen molar-refractivity contribution in [2.24, 2.45) is 0 Å². The van der Waals surface area contributed by atoms with Gasteiger partial charge >= 0.3 is 0 Å². The maximum absolute atomic E-state index is 12.0. The molecule has 9 heteroatoms. The Bertz CT molecular complexity index is 668. The molecule has 1 fully saturated rings. The molecule has 2 aromatic heterocycles. The lowest BCUT2D eigenvalue weighted by Crippen LogP contribution is -2.49. The van der Waals surface area contributed by atoms with Crippen LogP contribution in [0, 0.1) is 0 Å². The molecule has 0 radical (unpaired) electrons. The van der Waals surface area contributed by atoms with E-state index >= 15 is 0 Å². The quantitative estimate of drug-likeness (QED) is 0.870. The lowest BCUT2D eigenvalue weighted by molar-refractivity contribution is -0.117. The highest BCUT2D eigenvalue weighted by molar-refractivity contribution is 7.13. The second-order valence-electron chi connectivity index (χ2n) is 5.98. The molecular weight excluding hydrogens is 326 g/mol. The van der Waals surface area contributed by atoms with Crippen molar-refractivity contribution in [2.75, 3.05) is 42.9 Å². The average Bonchev–Trinajstić information content (AvgIpc) is 3.08. The van der Waals surface area contributed by atoms with Crippen molar-refractivity contribution in [2.45, 2.75) is 19.8 Å². The molecule has 3 heterocycles. The van der Waals surface area contributed by atoms with E-state index in [0.29, 0.717) is 17.6 Å². The van der Waals surface area contributed by atoms with Crippen LogP contribution >= 0.6 is 11.3 Å². The van der Waals surface area contributed by atoms with E-state index in [0.717, 1.165) is 37.8 Å². The van der Waals surface area contributed by atoms with E-state index in [1.54, 1.807) is 5.51 Å². The first-order valence-corrected chi connectivity index (χ1v) is 8.86. The van der Waals surface area contributed by atoms with Crippen LogP contribution in [-0.2, 0) is 4.79 Å². The highest BCUT2D eigenvalue weighted by atomic mass is 32.1. The van der Waals surface area contributed by atoms with Gasteiger partial charge in [0.1, 0.15) is 17.2 Å². The number of nitrogens with one attached hydrogen (secondary N) is 1. The molecule has 0 bridgehead atoms. The highest BCUT2D eigenvalue weighted by Crippen LogP contribution is 2.16. The normalized spacial score (nSPS) is 15.7. The maximum atomic E-state index is 12.0. The first-order chi connectivity index (χ1) is 11.6. The van der Waals surface area contributed by atoms with Gasteiger partial charge in [0, 0.05) is 38.3 Å². The molecule has 128 valence electrons. The average molecular weight is 347 g/mol. The molecule has 1 saturated heterocycles. The summed E-state index contributed by atoms with van der Waals surface area (Å²) in [6, 6.07) is 1.95. The number of hydrogen-bond acceptors (Lipinski definition) is 8. The number of anilines is 2. The topological polar surface area (TPSA) is 87.1 Å². The van der Waals surface area contributed by atoms with Crippen LogP contribution in [0.3, 0.4) is 0 Å². The lowest BCUT2D eigenvalue weighted by atomic mass is 10.2. The van der Waals surface area contributed by atoms with Crippen molar-refractivity contribution in [1.29, 1.82) is 0 Å². The van der Waals surface area contributed by atoms with Crippen LogP contribution < -0.4 is 10.2 Å². The standard InChI is InChI=1S/C15H21N7OS/c1-11(2)14-16-4-3-12(18-14)22-7-5-21(6-8-22)9-13(23)19-15-20-17-10-24-15/h3-4,10-11H,5-9H2,1-2H3,(H,19,20,23). The van der Waals surface area contributed by atoms with Gasteiger partial charge in [-0.3, -0.25) is 15.0 Å². The highest BCUT2D eigenvalue weighted by Gasteiger charge is 2.20. The molecule has 0 aliphatic carbocycles. The number of nitrogens with zero attached hydrogens (tertiary/aromatic N) is 6. The first-order valence-electron chi connectivity index (χ1n) is 7.98. The van der Waals surface area contributed by atoms with E-state index in [1.807, 2.05) is 12.3 Å². The zero-order valence-corrected chi connectivity index (χ0v) is 14.7. The zero-order chi connectivity index (χ0) is 16.9. The van der Waals surface area contributed by atoms with E-state index < -0.39 is 0 Å². The first kappa shape index (κ1) is 16.7. The van der Waals surface area contributed by atoms with E-state index in [4.69, 9.17) is 0 Å². The molecule has 1 amide bonds. The van der Waals surface area contributed by atoms with Gasteiger partial charge in [0.05, 0.1) is 6.54 Å². The van der Waals surface area contributed by atoms with Crippen molar-refractivity contribution >= 4 is 28.2 Å². The minimum Gasteiger partial charge on any atom is -0.354 e. The molecule has 3 rings (SSSR count). The Balaban J connectivity index is 1.50. The third-order valence-corrected chi connectivity index (χ3v) is 4.45. The van der Waals surface area contributed by atoms with E-state index in [2.05, 4.69) is 49.1 Å². The molecule has 0 unspecified atom stereocenters. The van der Waals surface area contributed by atoms with Crippen molar-refractivity contribution in [3.8, 4) is 0 Å². The molecule has 1 aliphatic heterocycles. The van der Waals surface area contributed by atoms with E-state index in [-0.39, 0.29) is 5.91 Å². The largest absolute Gasteiger partial charge is 0.354 e. The second kappa shape index (κ2) is 7.63. The predicted molar refractivity (Wildman–Crippen MR) is 93.3 cm³/mol. The van der Waals surface area contributed by atoms with Crippen LogP contribution in [-0.4, -0.2) is 63.7 Å².